The predicted molar refractivity (Wildman–Crippen MR) is 316 cm³/mol. The lowest BCUT2D eigenvalue weighted by atomic mass is 9.71. The van der Waals surface area contributed by atoms with Crippen molar-refractivity contribution >= 4 is 71.6 Å². The molecule has 13 atom stereocenters. The maximum atomic E-state index is 12.0. The summed E-state index contributed by atoms with van der Waals surface area (Å²) < 4.78 is 63.0. The molecule has 4 saturated heterocycles. The number of fused-ring (bicyclic) bond motifs is 8. The van der Waals surface area contributed by atoms with Crippen LogP contribution in [0.25, 0.3) is 0 Å². The molecule has 4 aliphatic heterocycles. The van der Waals surface area contributed by atoms with Gasteiger partial charge in [0.2, 0.25) is 0 Å². The molecule has 508 valence electrons. The van der Waals surface area contributed by atoms with Crippen molar-refractivity contribution in [2.75, 3.05) is 26.4 Å². The summed E-state index contributed by atoms with van der Waals surface area (Å²) in [5.41, 5.74) is -5.50. The largest absolute Gasteiger partial charge is 0.458 e. The maximum absolute atomic E-state index is 12.0. The minimum absolute atomic E-state index is 0.0804. The van der Waals surface area contributed by atoms with Crippen LogP contribution in [0.1, 0.15) is 221 Å². The summed E-state index contributed by atoms with van der Waals surface area (Å²) in [5.74, 6) is -4.93. The summed E-state index contributed by atoms with van der Waals surface area (Å²) >= 11 is 0. The average Bonchev–Trinajstić information content (AvgIpc) is 1.62. The summed E-state index contributed by atoms with van der Waals surface area (Å²) in [4.78, 5) is 142. The number of esters is 12. The van der Waals surface area contributed by atoms with E-state index < -0.39 is 148 Å². The summed E-state index contributed by atoms with van der Waals surface area (Å²) in [5, 5.41) is 0. The number of carbonyl (C=O) groups is 12. The maximum Gasteiger partial charge on any atom is 0.344 e. The minimum atomic E-state index is -0.852. The molecule has 24 nitrogen and oxygen atoms in total. The Labute approximate surface area is 529 Å². The van der Waals surface area contributed by atoms with Crippen LogP contribution in [-0.4, -0.2) is 146 Å². The second kappa shape index (κ2) is 28.7. The molecule has 90 heavy (non-hydrogen) atoms. The normalized spacial score (nSPS) is 31.9. The number of hydrogen-bond acceptors (Lipinski definition) is 24. The third-order valence-corrected chi connectivity index (χ3v) is 20.2. The van der Waals surface area contributed by atoms with Gasteiger partial charge in [0.25, 0.3) is 0 Å². The standard InChI is InChI=1S/2C17H26O6.2C16H24O6/c1-6-15(2,3)13(19)21-10-12(18)23-17(5)8-7-16(4)9-11(17)22-14(16)20;1-6-15(2,3)13(19)21-9-12(18)22-11-7-8-16(4)10-17(11,5)23-14(16)20;1-5-16(3,4)15(19)20-8-13(17)21-11-6-9(2)10-7-12(11)22-14(10)18;1-5-15(2,3)13(18)20-9-12(17)21-10-6-7-16(4)8-11(10)22-14(16)19/h2*11H,6-10H2,1-5H3;9-12H,5-8H2,1-4H3;10-11H,5-9H2,1-4H3. The first-order chi connectivity index (χ1) is 41.5. The topological polar surface area (TPSA) is 316 Å². The van der Waals surface area contributed by atoms with Crippen molar-refractivity contribution in [3.05, 3.63) is 0 Å². The van der Waals surface area contributed by atoms with Gasteiger partial charge in [-0.2, -0.15) is 0 Å². The molecule has 0 aromatic rings. The van der Waals surface area contributed by atoms with E-state index in [0.29, 0.717) is 96.3 Å². The molecule has 8 rings (SSSR count). The van der Waals surface area contributed by atoms with Crippen molar-refractivity contribution in [2.45, 2.75) is 269 Å². The molecule has 0 amide bonds. The van der Waals surface area contributed by atoms with Crippen molar-refractivity contribution in [2.24, 2.45) is 49.7 Å². The second-order valence-corrected chi connectivity index (χ2v) is 29.5. The summed E-state index contributed by atoms with van der Waals surface area (Å²) in [6.07, 6.45) is 6.42. The molecule has 0 aromatic heterocycles. The minimum Gasteiger partial charge on any atom is -0.458 e. The first kappa shape index (κ1) is 74.4. The fourth-order valence-electron chi connectivity index (χ4n) is 11.6. The third kappa shape index (κ3) is 17.8. The van der Waals surface area contributed by atoms with E-state index in [1.165, 1.54) is 0 Å². The highest BCUT2D eigenvalue weighted by atomic mass is 16.6. The van der Waals surface area contributed by atoms with Crippen molar-refractivity contribution in [3.8, 4) is 0 Å². The second-order valence-electron chi connectivity index (χ2n) is 29.5. The molecule has 8 aliphatic rings. The van der Waals surface area contributed by atoms with Crippen LogP contribution in [0.5, 0.6) is 0 Å². The van der Waals surface area contributed by atoms with Crippen molar-refractivity contribution in [1.82, 2.24) is 0 Å². The lowest BCUT2D eigenvalue weighted by Gasteiger charge is -2.38. The Hall–Kier alpha value is -6.36. The predicted octanol–water partition coefficient (Wildman–Crippen LogP) is 8.61. The average molecular weight is 1280 g/mol. The van der Waals surface area contributed by atoms with Gasteiger partial charge in [0, 0.05) is 25.7 Å². The van der Waals surface area contributed by atoms with Crippen molar-refractivity contribution in [1.29, 1.82) is 0 Å². The van der Waals surface area contributed by atoms with Crippen LogP contribution >= 0.6 is 0 Å². The first-order valence-corrected chi connectivity index (χ1v) is 31.8. The quantitative estimate of drug-likeness (QED) is 0.0813. The SMILES string of the molecule is CCC(C)(C)C(=O)OCC(=O)OC1(C)CCC2(C)CC1OC2=O.CCC(C)(C)C(=O)OCC(=O)OC1CC(C)C2CC1OC2=O.CCC(C)(C)C(=O)OCC(=O)OC1CCC2(C)CC1(C)OC2=O.CCC(C)(C)C(=O)OCC(=O)OC1CCC2(C)CC1OC2=O. The van der Waals surface area contributed by atoms with E-state index in [9.17, 15) is 57.5 Å². The van der Waals surface area contributed by atoms with Gasteiger partial charge in [-0.15, -0.1) is 0 Å². The lowest BCUT2D eigenvalue weighted by molar-refractivity contribution is -0.185. The highest BCUT2D eigenvalue weighted by Crippen LogP contribution is 2.52. The Bertz CT molecular complexity index is 2730. The summed E-state index contributed by atoms with van der Waals surface area (Å²) in [6, 6.07) is 0. The van der Waals surface area contributed by atoms with Crippen molar-refractivity contribution < 1.29 is 114 Å². The van der Waals surface area contributed by atoms with E-state index in [4.69, 9.17) is 56.8 Å². The van der Waals surface area contributed by atoms with E-state index in [1.54, 1.807) is 69.2 Å². The van der Waals surface area contributed by atoms with Crippen LogP contribution in [0.2, 0.25) is 0 Å². The van der Waals surface area contributed by atoms with Gasteiger partial charge in [-0.1, -0.05) is 34.6 Å². The van der Waals surface area contributed by atoms with Gasteiger partial charge in [0.1, 0.15) is 47.8 Å². The summed E-state index contributed by atoms with van der Waals surface area (Å²) in [6.45, 7) is 31.2. The number of carbonyl (C=O) groups excluding carboxylic acids is 12. The zero-order valence-electron chi connectivity index (χ0n) is 56.4. The van der Waals surface area contributed by atoms with Crippen LogP contribution in [0.4, 0.5) is 0 Å². The van der Waals surface area contributed by atoms with Crippen LogP contribution in [0, 0.1) is 49.7 Å². The van der Waals surface area contributed by atoms with Crippen LogP contribution in [-0.2, 0) is 114 Å². The molecule has 4 saturated carbocycles. The van der Waals surface area contributed by atoms with Gasteiger partial charge >= 0.3 is 71.6 Å². The van der Waals surface area contributed by atoms with E-state index >= 15 is 0 Å². The monoisotopic (exact) mass is 1280 g/mol. The van der Waals surface area contributed by atoms with Gasteiger partial charge in [-0.3, -0.25) is 38.4 Å². The van der Waals surface area contributed by atoms with Crippen molar-refractivity contribution in [3.63, 3.8) is 0 Å². The van der Waals surface area contributed by atoms with Gasteiger partial charge < -0.3 is 56.8 Å². The molecule has 0 aromatic carbocycles. The van der Waals surface area contributed by atoms with Gasteiger partial charge in [-0.05, 0) is 167 Å². The Morgan fingerprint density at radius 3 is 1.40 bits per heavy atom. The molecular formula is C66H100O24. The van der Waals surface area contributed by atoms with E-state index in [-0.39, 0.29) is 47.9 Å². The van der Waals surface area contributed by atoms with Crippen LogP contribution in [0.3, 0.4) is 0 Å². The molecule has 8 fully saturated rings. The fourth-order valence-corrected chi connectivity index (χ4v) is 11.6. The highest BCUT2D eigenvalue weighted by molar-refractivity contribution is 5.84. The van der Waals surface area contributed by atoms with Crippen LogP contribution < -0.4 is 0 Å². The molecule has 24 heteroatoms. The Morgan fingerprint density at radius 2 is 0.911 bits per heavy atom. The zero-order chi connectivity index (χ0) is 68.0. The first-order valence-electron chi connectivity index (χ1n) is 31.8. The van der Waals surface area contributed by atoms with Gasteiger partial charge in [0.05, 0.1) is 43.8 Å². The lowest BCUT2D eigenvalue weighted by Crippen LogP contribution is -2.47. The molecule has 8 bridgehead atoms. The van der Waals surface area contributed by atoms with Crippen LogP contribution in [0.15, 0.2) is 0 Å². The smallest absolute Gasteiger partial charge is 0.344 e. The molecular weight excluding hydrogens is 1180 g/mol. The van der Waals surface area contributed by atoms with Gasteiger partial charge in [0.15, 0.2) is 26.4 Å². The molecule has 0 N–H and O–H groups in total. The highest BCUT2D eigenvalue weighted by Gasteiger charge is 2.61. The summed E-state index contributed by atoms with van der Waals surface area (Å²) in [7, 11) is 0. The fraction of sp³-hybridized carbons (Fsp3) is 0.818. The van der Waals surface area contributed by atoms with E-state index in [2.05, 4.69) is 0 Å². The molecule has 4 heterocycles. The van der Waals surface area contributed by atoms with E-state index in [0.717, 1.165) is 0 Å². The Kier molecular flexibility index (Phi) is 23.7. The Balaban J connectivity index is 0.000000218. The number of hydrogen-bond donors (Lipinski definition) is 0. The number of rotatable bonds is 20. The Morgan fingerprint density at radius 1 is 0.478 bits per heavy atom. The molecule has 13 unspecified atom stereocenters. The zero-order valence-corrected chi connectivity index (χ0v) is 56.4. The molecule has 0 radical (unpaired) electrons. The third-order valence-electron chi connectivity index (χ3n) is 20.2. The number of ether oxygens (including phenoxy) is 12. The van der Waals surface area contributed by atoms with Gasteiger partial charge in [-0.25, -0.2) is 19.2 Å². The van der Waals surface area contributed by atoms with E-state index in [1.807, 2.05) is 55.4 Å². The molecule has 4 aliphatic carbocycles. The molecule has 0 spiro atoms.